The standard InChI is InChI=1S/C14H17N.2C2H6/c1-3-12-10-11(2)4-5-14(12)13-6-8-15-9-7-13;2*1-2/h1,4-5,10,13,15H,6-9H2,2H3;2*1-2H3. The lowest BCUT2D eigenvalue weighted by atomic mass is 9.86. The quantitative estimate of drug-likeness (QED) is 0.732. The second-order valence-corrected chi connectivity index (χ2v) is 4.26. The van der Waals surface area contributed by atoms with Gasteiger partial charge in [-0.3, -0.25) is 0 Å². The second-order valence-electron chi connectivity index (χ2n) is 4.26. The summed E-state index contributed by atoms with van der Waals surface area (Å²) < 4.78 is 0. The van der Waals surface area contributed by atoms with E-state index in [0.717, 1.165) is 18.7 Å². The van der Waals surface area contributed by atoms with Gasteiger partial charge in [0.15, 0.2) is 0 Å². The molecule has 1 aliphatic rings. The molecule has 0 spiro atoms. The first-order valence-corrected chi connectivity index (χ1v) is 7.59. The van der Waals surface area contributed by atoms with Crippen LogP contribution in [0.15, 0.2) is 18.2 Å². The summed E-state index contributed by atoms with van der Waals surface area (Å²) in [6, 6.07) is 6.50. The molecular formula is C18H29N. The Morgan fingerprint density at radius 1 is 1.11 bits per heavy atom. The highest BCUT2D eigenvalue weighted by Crippen LogP contribution is 2.28. The van der Waals surface area contributed by atoms with E-state index in [0.29, 0.717) is 5.92 Å². The van der Waals surface area contributed by atoms with Crippen LogP contribution in [0.4, 0.5) is 0 Å². The Balaban J connectivity index is 0.000000741. The first-order valence-electron chi connectivity index (χ1n) is 7.59. The van der Waals surface area contributed by atoms with Crippen LogP contribution in [0.5, 0.6) is 0 Å². The normalized spacial score (nSPS) is 14.3. The Bertz CT molecular complexity index is 381. The van der Waals surface area contributed by atoms with Gasteiger partial charge in [0.2, 0.25) is 0 Å². The zero-order chi connectivity index (χ0) is 14.7. The van der Waals surface area contributed by atoms with E-state index in [1.807, 2.05) is 27.7 Å². The molecule has 0 atom stereocenters. The average molecular weight is 259 g/mol. The van der Waals surface area contributed by atoms with Crippen LogP contribution < -0.4 is 5.32 Å². The zero-order valence-corrected chi connectivity index (χ0v) is 13.2. The molecule has 1 saturated heterocycles. The highest BCUT2D eigenvalue weighted by atomic mass is 14.9. The minimum atomic E-state index is 0.651. The van der Waals surface area contributed by atoms with E-state index in [2.05, 4.69) is 36.4 Å². The maximum Gasteiger partial charge on any atom is 0.0280 e. The third kappa shape index (κ3) is 5.49. The molecule has 1 nitrogen and oxygen atoms in total. The lowest BCUT2D eigenvalue weighted by Gasteiger charge is -2.24. The lowest BCUT2D eigenvalue weighted by molar-refractivity contribution is 0.460. The molecule has 1 fully saturated rings. The SMILES string of the molecule is C#Cc1cc(C)ccc1C1CCNCC1.CC.CC. The van der Waals surface area contributed by atoms with Crippen molar-refractivity contribution in [2.45, 2.75) is 53.4 Å². The summed E-state index contributed by atoms with van der Waals surface area (Å²) in [5.74, 6) is 3.46. The van der Waals surface area contributed by atoms with E-state index in [9.17, 15) is 0 Å². The molecule has 1 aliphatic heterocycles. The van der Waals surface area contributed by atoms with Crippen molar-refractivity contribution in [2.75, 3.05) is 13.1 Å². The molecule has 0 bridgehead atoms. The van der Waals surface area contributed by atoms with Crippen LogP contribution in [0, 0.1) is 19.3 Å². The van der Waals surface area contributed by atoms with Gasteiger partial charge in [0.25, 0.3) is 0 Å². The average Bonchev–Trinajstić information content (AvgIpc) is 2.52. The molecule has 1 aromatic rings. The molecule has 106 valence electrons. The van der Waals surface area contributed by atoms with E-state index in [4.69, 9.17) is 6.42 Å². The van der Waals surface area contributed by atoms with Crippen molar-refractivity contribution in [2.24, 2.45) is 0 Å². The number of rotatable bonds is 1. The largest absolute Gasteiger partial charge is 0.317 e. The van der Waals surface area contributed by atoms with Crippen LogP contribution in [0.25, 0.3) is 0 Å². The molecule has 1 heterocycles. The zero-order valence-electron chi connectivity index (χ0n) is 13.2. The van der Waals surface area contributed by atoms with Crippen LogP contribution in [0.2, 0.25) is 0 Å². The van der Waals surface area contributed by atoms with Crippen LogP contribution >= 0.6 is 0 Å². The molecule has 19 heavy (non-hydrogen) atoms. The van der Waals surface area contributed by atoms with E-state index in [1.165, 1.54) is 24.0 Å². The van der Waals surface area contributed by atoms with Gasteiger partial charge in [-0.15, -0.1) is 6.42 Å². The Labute approximate surface area is 119 Å². The van der Waals surface area contributed by atoms with Crippen LogP contribution in [0.1, 0.15) is 63.1 Å². The highest BCUT2D eigenvalue weighted by Gasteiger charge is 2.17. The smallest absolute Gasteiger partial charge is 0.0280 e. The second kappa shape index (κ2) is 10.6. The highest BCUT2D eigenvalue weighted by molar-refractivity contribution is 5.44. The van der Waals surface area contributed by atoms with E-state index in [1.54, 1.807) is 0 Å². The van der Waals surface area contributed by atoms with E-state index in [-0.39, 0.29) is 0 Å². The summed E-state index contributed by atoms with van der Waals surface area (Å²) >= 11 is 0. The van der Waals surface area contributed by atoms with Gasteiger partial charge >= 0.3 is 0 Å². The Kier molecular flexibility index (Phi) is 9.94. The van der Waals surface area contributed by atoms with Crippen molar-refractivity contribution < 1.29 is 0 Å². The van der Waals surface area contributed by atoms with Gasteiger partial charge in [0, 0.05) is 5.56 Å². The number of piperidine rings is 1. The maximum atomic E-state index is 5.56. The Hall–Kier alpha value is -1.26. The van der Waals surface area contributed by atoms with Crippen molar-refractivity contribution in [3.8, 4) is 12.3 Å². The van der Waals surface area contributed by atoms with Gasteiger partial charge in [-0.2, -0.15) is 0 Å². The third-order valence-corrected chi connectivity index (χ3v) is 3.14. The molecule has 2 rings (SSSR count). The number of hydrogen-bond donors (Lipinski definition) is 1. The van der Waals surface area contributed by atoms with E-state index < -0.39 is 0 Å². The number of aryl methyl sites for hydroxylation is 1. The first kappa shape index (κ1) is 17.7. The molecule has 0 radical (unpaired) electrons. The van der Waals surface area contributed by atoms with Crippen molar-refractivity contribution >= 4 is 0 Å². The van der Waals surface area contributed by atoms with Crippen LogP contribution in [-0.2, 0) is 0 Å². The maximum absolute atomic E-state index is 5.56. The molecule has 1 heteroatoms. The third-order valence-electron chi connectivity index (χ3n) is 3.14. The number of hydrogen-bond acceptors (Lipinski definition) is 1. The lowest BCUT2D eigenvalue weighted by Crippen LogP contribution is -2.27. The van der Waals surface area contributed by atoms with Crippen molar-refractivity contribution in [1.29, 1.82) is 0 Å². The Morgan fingerprint density at radius 2 is 1.68 bits per heavy atom. The van der Waals surface area contributed by atoms with Gasteiger partial charge in [0.05, 0.1) is 0 Å². The fraction of sp³-hybridized carbons (Fsp3) is 0.556. The molecular weight excluding hydrogens is 230 g/mol. The molecule has 0 amide bonds. The molecule has 0 unspecified atom stereocenters. The minimum Gasteiger partial charge on any atom is -0.317 e. The summed E-state index contributed by atoms with van der Waals surface area (Å²) in [6.07, 6.45) is 7.97. The number of terminal acetylenes is 1. The fourth-order valence-electron chi connectivity index (χ4n) is 2.28. The van der Waals surface area contributed by atoms with Crippen molar-refractivity contribution in [3.63, 3.8) is 0 Å². The van der Waals surface area contributed by atoms with E-state index >= 15 is 0 Å². The van der Waals surface area contributed by atoms with Crippen molar-refractivity contribution in [1.82, 2.24) is 5.32 Å². The van der Waals surface area contributed by atoms with Gasteiger partial charge in [0.1, 0.15) is 0 Å². The Morgan fingerprint density at radius 3 is 2.21 bits per heavy atom. The molecule has 1 N–H and O–H groups in total. The number of benzene rings is 1. The summed E-state index contributed by atoms with van der Waals surface area (Å²) in [5.41, 5.74) is 3.70. The summed E-state index contributed by atoms with van der Waals surface area (Å²) in [4.78, 5) is 0. The summed E-state index contributed by atoms with van der Waals surface area (Å²) in [5, 5.41) is 3.38. The van der Waals surface area contributed by atoms with Crippen LogP contribution in [-0.4, -0.2) is 13.1 Å². The van der Waals surface area contributed by atoms with Gasteiger partial charge in [-0.25, -0.2) is 0 Å². The van der Waals surface area contributed by atoms with Gasteiger partial charge in [-0.1, -0.05) is 45.7 Å². The predicted molar refractivity (Wildman–Crippen MR) is 86.7 cm³/mol. The van der Waals surface area contributed by atoms with Crippen molar-refractivity contribution in [3.05, 3.63) is 34.9 Å². The first-order chi connectivity index (χ1) is 9.31. The predicted octanol–water partition coefficient (Wildman–Crippen LogP) is 4.50. The molecule has 1 aromatic carbocycles. The molecule has 0 aromatic heterocycles. The fourth-order valence-corrected chi connectivity index (χ4v) is 2.28. The monoisotopic (exact) mass is 259 g/mol. The molecule has 0 saturated carbocycles. The summed E-state index contributed by atoms with van der Waals surface area (Å²) in [7, 11) is 0. The molecule has 0 aliphatic carbocycles. The number of nitrogens with one attached hydrogen (secondary N) is 1. The van der Waals surface area contributed by atoms with Gasteiger partial charge in [-0.05, 0) is 56.0 Å². The summed E-state index contributed by atoms with van der Waals surface area (Å²) in [6.45, 7) is 12.3. The van der Waals surface area contributed by atoms with Crippen LogP contribution in [0.3, 0.4) is 0 Å². The topological polar surface area (TPSA) is 12.0 Å². The minimum absolute atomic E-state index is 0.651. The van der Waals surface area contributed by atoms with Gasteiger partial charge < -0.3 is 5.32 Å².